The van der Waals surface area contributed by atoms with E-state index in [2.05, 4.69) is 10.6 Å². The molecule has 0 unspecified atom stereocenters. The van der Waals surface area contributed by atoms with E-state index in [1.165, 1.54) is 0 Å². The molecule has 1 fully saturated rings. The topological polar surface area (TPSA) is 85.1 Å². The van der Waals surface area contributed by atoms with E-state index in [4.69, 9.17) is 0 Å². The number of nitrogens with one attached hydrogen (secondary N) is 2. The van der Waals surface area contributed by atoms with Crippen LogP contribution < -0.4 is 16.3 Å². The average Bonchev–Trinajstić information content (AvgIpc) is 3.38. The highest BCUT2D eigenvalue weighted by atomic mass is 16.2. The van der Waals surface area contributed by atoms with E-state index in [-0.39, 0.29) is 23.4 Å². The van der Waals surface area contributed by atoms with E-state index >= 15 is 0 Å². The van der Waals surface area contributed by atoms with Crippen molar-refractivity contribution < 1.29 is 9.59 Å². The van der Waals surface area contributed by atoms with Crippen molar-refractivity contribution in [2.75, 3.05) is 10.6 Å². The highest BCUT2D eigenvalue weighted by Crippen LogP contribution is 2.38. The molecule has 7 heteroatoms. The van der Waals surface area contributed by atoms with Crippen molar-refractivity contribution in [3.8, 4) is 0 Å². The standard InChI is InChI=1S/C21H22N4O3/c1-12-9-16(12)20(27)23-14-6-4-5-13(10-14)19(26)22-15-7-8-17-18(11-15)25(3)21(28)24(17)2/h4-8,10-12,16H,9H2,1-3H3,(H,22,26)(H,23,27)/t12-,16+/m0/s1. The zero-order chi connectivity index (χ0) is 20.0. The Bertz CT molecular complexity index is 1160. The zero-order valence-electron chi connectivity index (χ0n) is 16.0. The molecule has 1 aliphatic rings. The molecular weight excluding hydrogens is 356 g/mol. The molecule has 2 N–H and O–H groups in total. The second kappa shape index (κ2) is 6.67. The first-order valence-corrected chi connectivity index (χ1v) is 9.23. The van der Waals surface area contributed by atoms with Crippen LogP contribution in [0.2, 0.25) is 0 Å². The lowest BCUT2D eigenvalue weighted by Gasteiger charge is -2.09. The number of hydrogen-bond donors (Lipinski definition) is 2. The summed E-state index contributed by atoms with van der Waals surface area (Å²) in [5, 5.41) is 5.73. The van der Waals surface area contributed by atoms with Crippen molar-refractivity contribution in [3.05, 3.63) is 58.5 Å². The number of nitrogens with zero attached hydrogens (tertiary/aromatic N) is 2. The van der Waals surface area contributed by atoms with Gasteiger partial charge < -0.3 is 10.6 Å². The molecule has 0 bridgehead atoms. The van der Waals surface area contributed by atoms with Crippen LogP contribution in [0.3, 0.4) is 0 Å². The molecule has 28 heavy (non-hydrogen) atoms. The van der Waals surface area contributed by atoms with Gasteiger partial charge in [-0.25, -0.2) is 4.79 Å². The van der Waals surface area contributed by atoms with Gasteiger partial charge >= 0.3 is 5.69 Å². The third-order valence-corrected chi connectivity index (χ3v) is 5.37. The van der Waals surface area contributed by atoms with Crippen LogP contribution in [0.5, 0.6) is 0 Å². The maximum Gasteiger partial charge on any atom is 0.328 e. The number of imidazole rings is 1. The van der Waals surface area contributed by atoms with Gasteiger partial charge in [0.2, 0.25) is 5.91 Å². The Morgan fingerprint density at radius 3 is 2.36 bits per heavy atom. The third-order valence-electron chi connectivity index (χ3n) is 5.37. The number of hydrogen-bond acceptors (Lipinski definition) is 3. The molecule has 0 radical (unpaired) electrons. The molecule has 144 valence electrons. The Balaban J connectivity index is 1.53. The van der Waals surface area contributed by atoms with Gasteiger partial charge in [0.1, 0.15) is 0 Å². The van der Waals surface area contributed by atoms with Crippen molar-refractivity contribution in [1.29, 1.82) is 0 Å². The first kappa shape index (κ1) is 18.0. The van der Waals surface area contributed by atoms with E-state index in [0.29, 0.717) is 22.9 Å². The number of fused-ring (bicyclic) bond motifs is 1. The van der Waals surface area contributed by atoms with Crippen molar-refractivity contribution in [2.24, 2.45) is 25.9 Å². The minimum atomic E-state index is -0.281. The van der Waals surface area contributed by atoms with Gasteiger partial charge in [-0.15, -0.1) is 0 Å². The van der Waals surface area contributed by atoms with Crippen molar-refractivity contribution >= 4 is 34.2 Å². The lowest BCUT2D eigenvalue weighted by atomic mass is 10.1. The molecule has 2 aromatic carbocycles. The molecule has 4 rings (SSSR count). The Morgan fingerprint density at radius 1 is 0.964 bits per heavy atom. The Labute approximate surface area is 162 Å². The van der Waals surface area contributed by atoms with E-state index in [1.54, 1.807) is 65.7 Å². The summed E-state index contributed by atoms with van der Waals surface area (Å²) in [6.45, 7) is 2.05. The Hall–Kier alpha value is -3.35. The van der Waals surface area contributed by atoms with Gasteiger partial charge in [0.25, 0.3) is 5.91 Å². The predicted octanol–water partition coefficient (Wildman–Crippen LogP) is 2.72. The Kier molecular flexibility index (Phi) is 4.30. The Morgan fingerprint density at radius 2 is 1.64 bits per heavy atom. The van der Waals surface area contributed by atoms with Gasteiger partial charge in [-0.2, -0.15) is 0 Å². The summed E-state index contributed by atoms with van der Waals surface area (Å²) < 4.78 is 3.10. The van der Waals surface area contributed by atoms with Gasteiger partial charge in [-0.05, 0) is 48.7 Å². The highest BCUT2D eigenvalue weighted by Gasteiger charge is 2.39. The summed E-state index contributed by atoms with van der Waals surface area (Å²) in [5.41, 5.74) is 3.07. The molecule has 1 aliphatic carbocycles. The van der Waals surface area contributed by atoms with Crippen LogP contribution in [0.15, 0.2) is 47.3 Å². The highest BCUT2D eigenvalue weighted by molar-refractivity contribution is 6.06. The van der Waals surface area contributed by atoms with Gasteiger partial charge in [-0.3, -0.25) is 18.7 Å². The quantitative estimate of drug-likeness (QED) is 0.732. The second-order valence-electron chi connectivity index (χ2n) is 7.45. The lowest BCUT2D eigenvalue weighted by molar-refractivity contribution is -0.117. The van der Waals surface area contributed by atoms with Crippen LogP contribution in [0.4, 0.5) is 11.4 Å². The fourth-order valence-corrected chi connectivity index (χ4v) is 3.45. The van der Waals surface area contributed by atoms with Crippen LogP contribution in [0, 0.1) is 11.8 Å². The molecule has 2 atom stereocenters. The van der Waals surface area contributed by atoms with Gasteiger partial charge in [0, 0.05) is 37.0 Å². The van der Waals surface area contributed by atoms with Crippen LogP contribution in [0.25, 0.3) is 11.0 Å². The monoisotopic (exact) mass is 378 g/mol. The summed E-state index contributed by atoms with van der Waals surface area (Å²) >= 11 is 0. The van der Waals surface area contributed by atoms with Crippen LogP contribution in [-0.4, -0.2) is 20.9 Å². The fraction of sp³-hybridized carbons (Fsp3) is 0.286. The van der Waals surface area contributed by atoms with E-state index in [9.17, 15) is 14.4 Å². The second-order valence-corrected chi connectivity index (χ2v) is 7.45. The maximum atomic E-state index is 12.6. The number of carbonyl (C=O) groups excluding carboxylic acids is 2. The number of aryl methyl sites for hydroxylation is 2. The fourth-order valence-electron chi connectivity index (χ4n) is 3.45. The largest absolute Gasteiger partial charge is 0.328 e. The molecule has 1 aromatic heterocycles. The van der Waals surface area contributed by atoms with Gasteiger partial charge in [-0.1, -0.05) is 13.0 Å². The zero-order valence-corrected chi connectivity index (χ0v) is 16.0. The smallest absolute Gasteiger partial charge is 0.326 e. The predicted molar refractivity (Wildman–Crippen MR) is 108 cm³/mol. The van der Waals surface area contributed by atoms with Gasteiger partial charge in [0.15, 0.2) is 0 Å². The number of anilines is 2. The molecule has 1 saturated carbocycles. The summed E-state index contributed by atoms with van der Waals surface area (Å²) in [5.74, 6) is 0.216. The molecule has 1 heterocycles. The SMILES string of the molecule is C[C@H]1C[C@H]1C(=O)Nc1cccc(C(=O)Nc2ccc3c(c2)n(C)c(=O)n3C)c1. The summed E-state index contributed by atoms with van der Waals surface area (Å²) in [4.78, 5) is 36.8. The van der Waals surface area contributed by atoms with Crippen molar-refractivity contribution in [3.63, 3.8) is 0 Å². The van der Waals surface area contributed by atoms with E-state index < -0.39 is 0 Å². The molecule has 7 nitrogen and oxygen atoms in total. The van der Waals surface area contributed by atoms with Crippen LogP contribution in [-0.2, 0) is 18.9 Å². The number of benzene rings is 2. The molecule has 0 spiro atoms. The van der Waals surface area contributed by atoms with Crippen LogP contribution in [0.1, 0.15) is 23.7 Å². The lowest BCUT2D eigenvalue weighted by Crippen LogP contribution is -2.19. The number of aromatic nitrogens is 2. The normalized spacial score (nSPS) is 18.1. The maximum absolute atomic E-state index is 12.6. The third kappa shape index (κ3) is 3.19. The average molecular weight is 378 g/mol. The first-order valence-electron chi connectivity index (χ1n) is 9.23. The summed E-state index contributed by atoms with van der Waals surface area (Å²) in [6, 6.07) is 12.2. The van der Waals surface area contributed by atoms with E-state index in [0.717, 1.165) is 17.5 Å². The van der Waals surface area contributed by atoms with Crippen molar-refractivity contribution in [1.82, 2.24) is 9.13 Å². The number of rotatable bonds is 4. The number of carbonyl (C=O) groups is 2. The van der Waals surface area contributed by atoms with E-state index in [1.807, 2.05) is 6.92 Å². The molecule has 2 amide bonds. The van der Waals surface area contributed by atoms with Crippen LogP contribution >= 0.6 is 0 Å². The van der Waals surface area contributed by atoms with Gasteiger partial charge in [0.05, 0.1) is 11.0 Å². The minimum absolute atomic E-state index is 0.000467. The van der Waals surface area contributed by atoms with Crippen molar-refractivity contribution in [2.45, 2.75) is 13.3 Å². The molecule has 0 saturated heterocycles. The summed E-state index contributed by atoms with van der Waals surface area (Å²) in [7, 11) is 3.41. The molecule has 0 aliphatic heterocycles. The minimum Gasteiger partial charge on any atom is -0.326 e. The summed E-state index contributed by atoms with van der Waals surface area (Å²) in [6.07, 6.45) is 0.913. The molecule has 3 aromatic rings. The number of amides is 2. The molecular formula is C21H22N4O3. The first-order chi connectivity index (χ1) is 13.3.